The van der Waals surface area contributed by atoms with E-state index >= 15 is 0 Å². The van der Waals surface area contributed by atoms with Crippen molar-refractivity contribution in [1.82, 2.24) is 9.71 Å². The Hall–Kier alpha value is -1.38. The monoisotopic (exact) mass is 302 g/mol. The molecule has 8 heteroatoms. The van der Waals surface area contributed by atoms with Gasteiger partial charge in [-0.3, -0.25) is 0 Å². The van der Waals surface area contributed by atoms with Gasteiger partial charge in [0.2, 0.25) is 10.0 Å². The summed E-state index contributed by atoms with van der Waals surface area (Å²) < 4.78 is 26.5. The Balaban J connectivity index is 2.01. The summed E-state index contributed by atoms with van der Waals surface area (Å²) in [5, 5.41) is 18.5. The fourth-order valence-electron chi connectivity index (χ4n) is 2.38. The van der Waals surface area contributed by atoms with Crippen molar-refractivity contribution in [2.75, 3.05) is 6.54 Å². The maximum Gasteiger partial charge on any atom is 0.352 e. The van der Waals surface area contributed by atoms with E-state index in [9.17, 15) is 18.3 Å². The predicted molar refractivity (Wildman–Crippen MR) is 70.9 cm³/mol. The minimum Gasteiger partial charge on any atom is -0.477 e. The van der Waals surface area contributed by atoms with Gasteiger partial charge in [-0.25, -0.2) is 17.9 Å². The summed E-state index contributed by atoms with van der Waals surface area (Å²) in [5.41, 5.74) is -0.178. The third kappa shape index (κ3) is 3.38. The largest absolute Gasteiger partial charge is 0.477 e. The Kier molecular flexibility index (Phi) is 4.46. The van der Waals surface area contributed by atoms with Gasteiger partial charge in [-0.1, -0.05) is 12.8 Å². The van der Waals surface area contributed by atoms with Crippen LogP contribution in [0.25, 0.3) is 0 Å². The van der Waals surface area contributed by atoms with E-state index in [1.165, 1.54) is 0 Å². The van der Waals surface area contributed by atoms with Gasteiger partial charge in [0.05, 0.1) is 6.10 Å². The number of aromatic carboxylic acids is 1. The van der Waals surface area contributed by atoms with E-state index in [1.807, 2.05) is 0 Å². The van der Waals surface area contributed by atoms with E-state index in [1.54, 1.807) is 0 Å². The molecule has 0 aromatic carbocycles. The van der Waals surface area contributed by atoms with Crippen molar-refractivity contribution in [3.63, 3.8) is 0 Å². The maximum atomic E-state index is 12.0. The zero-order valence-electron chi connectivity index (χ0n) is 10.9. The maximum absolute atomic E-state index is 12.0. The smallest absolute Gasteiger partial charge is 0.352 e. The predicted octanol–water partition coefficient (Wildman–Crippen LogP) is 0.542. The number of aliphatic hydroxyl groups is 1. The lowest BCUT2D eigenvalue weighted by Gasteiger charge is -2.27. The van der Waals surface area contributed by atoms with Crippen LogP contribution in [-0.4, -0.2) is 42.2 Å². The first-order valence-corrected chi connectivity index (χ1v) is 7.98. The van der Waals surface area contributed by atoms with E-state index in [4.69, 9.17) is 5.11 Å². The lowest BCUT2D eigenvalue weighted by Crippen LogP contribution is -2.36. The van der Waals surface area contributed by atoms with Crippen LogP contribution in [0.1, 0.15) is 36.2 Å². The fourth-order valence-corrected chi connectivity index (χ4v) is 3.47. The molecule has 0 amide bonds. The van der Waals surface area contributed by atoms with Gasteiger partial charge in [-0.2, -0.15) is 0 Å². The van der Waals surface area contributed by atoms with Crippen LogP contribution in [0.15, 0.2) is 17.2 Å². The van der Waals surface area contributed by atoms with E-state index in [-0.39, 0.29) is 23.1 Å². The van der Waals surface area contributed by atoms with Crippen LogP contribution < -0.4 is 4.72 Å². The first-order chi connectivity index (χ1) is 9.40. The van der Waals surface area contributed by atoms with E-state index in [0.29, 0.717) is 6.42 Å². The zero-order valence-corrected chi connectivity index (χ0v) is 11.7. The molecule has 0 saturated heterocycles. The molecule has 2 unspecified atom stereocenters. The molecule has 0 aliphatic heterocycles. The van der Waals surface area contributed by atoms with Crippen molar-refractivity contribution in [3.8, 4) is 0 Å². The third-order valence-corrected chi connectivity index (χ3v) is 5.00. The summed E-state index contributed by atoms with van der Waals surface area (Å²) in [6, 6.07) is 1.07. The summed E-state index contributed by atoms with van der Waals surface area (Å²) in [4.78, 5) is 13.0. The van der Waals surface area contributed by atoms with Crippen LogP contribution in [-0.2, 0) is 10.0 Å². The van der Waals surface area contributed by atoms with E-state index in [2.05, 4.69) is 9.71 Å². The Bertz CT molecular complexity index is 580. The topological polar surface area (TPSA) is 119 Å². The summed E-state index contributed by atoms with van der Waals surface area (Å²) in [6.45, 7) is 0.164. The number of sulfonamides is 1. The number of aromatic amines is 1. The van der Waals surface area contributed by atoms with Crippen molar-refractivity contribution >= 4 is 16.0 Å². The number of nitrogens with one attached hydrogen (secondary N) is 2. The number of H-pyrrole nitrogens is 1. The summed E-state index contributed by atoms with van der Waals surface area (Å²) >= 11 is 0. The molecule has 1 fully saturated rings. The van der Waals surface area contributed by atoms with Gasteiger partial charge >= 0.3 is 5.97 Å². The molecule has 0 bridgehead atoms. The van der Waals surface area contributed by atoms with E-state index in [0.717, 1.165) is 31.5 Å². The van der Waals surface area contributed by atoms with E-state index < -0.39 is 22.1 Å². The number of carbonyl (C=O) groups is 1. The Labute approximate surface area is 117 Å². The Morgan fingerprint density at radius 1 is 1.40 bits per heavy atom. The van der Waals surface area contributed by atoms with Crippen molar-refractivity contribution in [3.05, 3.63) is 18.0 Å². The van der Waals surface area contributed by atoms with Crippen molar-refractivity contribution in [2.45, 2.75) is 36.7 Å². The number of carboxylic acids is 1. The third-order valence-electron chi connectivity index (χ3n) is 3.60. The van der Waals surface area contributed by atoms with Gasteiger partial charge < -0.3 is 15.2 Å². The summed E-state index contributed by atoms with van der Waals surface area (Å²) in [6.07, 6.45) is 4.09. The molecule has 1 aromatic rings. The molecule has 7 nitrogen and oxygen atoms in total. The number of carboxylic acid groups (broad SMARTS) is 1. The second-order valence-electron chi connectivity index (χ2n) is 5.02. The van der Waals surface area contributed by atoms with Crippen molar-refractivity contribution in [2.24, 2.45) is 5.92 Å². The zero-order chi connectivity index (χ0) is 14.8. The number of hydrogen-bond donors (Lipinski definition) is 4. The second kappa shape index (κ2) is 5.94. The highest BCUT2D eigenvalue weighted by atomic mass is 32.2. The van der Waals surface area contributed by atoms with Crippen LogP contribution in [0.5, 0.6) is 0 Å². The lowest BCUT2D eigenvalue weighted by atomic mass is 9.87. The Morgan fingerprint density at radius 3 is 2.70 bits per heavy atom. The molecule has 0 radical (unpaired) electrons. The average Bonchev–Trinajstić information content (AvgIpc) is 2.88. The van der Waals surface area contributed by atoms with Gasteiger partial charge in [-0.05, 0) is 24.8 Å². The molecule has 1 heterocycles. The SMILES string of the molecule is O=C(O)c1cc(S(=O)(=O)NCC2CCCCC2O)c[nH]1. The molecule has 1 aromatic heterocycles. The highest BCUT2D eigenvalue weighted by Crippen LogP contribution is 2.24. The van der Waals surface area contributed by atoms with Crippen LogP contribution in [0.4, 0.5) is 0 Å². The van der Waals surface area contributed by atoms with Crippen molar-refractivity contribution in [1.29, 1.82) is 0 Å². The molecule has 4 N–H and O–H groups in total. The minimum atomic E-state index is -3.75. The molecule has 1 saturated carbocycles. The van der Waals surface area contributed by atoms with Gasteiger partial charge in [-0.15, -0.1) is 0 Å². The highest BCUT2D eigenvalue weighted by molar-refractivity contribution is 7.89. The molecule has 20 heavy (non-hydrogen) atoms. The second-order valence-corrected chi connectivity index (χ2v) is 6.78. The number of hydrogen-bond acceptors (Lipinski definition) is 4. The standard InChI is InChI=1S/C12H18N2O5S/c15-11-4-2-1-3-8(11)6-14-20(18,19)9-5-10(12(16)17)13-7-9/h5,7-8,11,13-15H,1-4,6H2,(H,16,17). The molecule has 1 aliphatic rings. The molecule has 112 valence electrons. The Morgan fingerprint density at radius 2 is 2.10 bits per heavy atom. The number of rotatable bonds is 5. The van der Waals surface area contributed by atoms with Crippen molar-refractivity contribution < 1.29 is 23.4 Å². The average molecular weight is 302 g/mol. The van der Waals surface area contributed by atoms with Gasteiger partial charge in [0.15, 0.2) is 0 Å². The highest BCUT2D eigenvalue weighted by Gasteiger charge is 2.25. The number of aliphatic hydroxyl groups excluding tert-OH is 1. The molecular weight excluding hydrogens is 284 g/mol. The first kappa shape index (κ1) is 15.0. The lowest BCUT2D eigenvalue weighted by molar-refractivity contribution is 0.0690. The first-order valence-electron chi connectivity index (χ1n) is 6.49. The quantitative estimate of drug-likeness (QED) is 0.633. The molecule has 2 atom stereocenters. The number of aromatic nitrogens is 1. The van der Waals surface area contributed by atoms with Gasteiger partial charge in [0.25, 0.3) is 0 Å². The molecular formula is C12H18N2O5S. The minimum absolute atomic E-state index is 0.0867. The normalized spacial score (nSPS) is 23.6. The summed E-state index contributed by atoms with van der Waals surface area (Å²) in [7, 11) is -3.75. The van der Waals surface area contributed by atoms with Crippen LogP contribution in [0.3, 0.4) is 0 Å². The molecule has 0 spiro atoms. The van der Waals surface area contributed by atoms with Gasteiger partial charge in [0, 0.05) is 12.7 Å². The molecule has 1 aliphatic carbocycles. The fraction of sp³-hybridized carbons (Fsp3) is 0.583. The van der Waals surface area contributed by atoms with Gasteiger partial charge in [0.1, 0.15) is 10.6 Å². The summed E-state index contributed by atoms with van der Waals surface area (Å²) in [5.74, 6) is -1.30. The van der Waals surface area contributed by atoms with Crippen LogP contribution in [0.2, 0.25) is 0 Å². The van der Waals surface area contributed by atoms with Crippen LogP contribution >= 0.6 is 0 Å². The molecule has 2 rings (SSSR count). The van der Waals surface area contributed by atoms with Crippen LogP contribution in [0, 0.1) is 5.92 Å².